The van der Waals surface area contributed by atoms with Gasteiger partial charge in [-0.25, -0.2) is 9.18 Å². The van der Waals surface area contributed by atoms with Crippen molar-refractivity contribution in [2.24, 2.45) is 0 Å². The van der Waals surface area contributed by atoms with Crippen LogP contribution in [0, 0.1) is 15.9 Å². The van der Waals surface area contributed by atoms with Gasteiger partial charge in [0.1, 0.15) is 0 Å². The predicted molar refractivity (Wildman–Crippen MR) is 101 cm³/mol. The number of esters is 1. The van der Waals surface area contributed by atoms with E-state index in [1.165, 1.54) is 25.1 Å². The van der Waals surface area contributed by atoms with Crippen LogP contribution in [0.4, 0.5) is 10.1 Å². The SMILES string of the molecule is CCOC(=O)c1cc(C(=O)NNC(=O)C(C)Oc2ccccc2F)cc([N+](=O)[O-])c1. The fraction of sp³-hybridized carbons (Fsp3) is 0.211. The lowest BCUT2D eigenvalue weighted by Gasteiger charge is -2.15. The van der Waals surface area contributed by atoms with Gasteiger partial charge in [0, 0.05) is 17.7 Å². The van der Waals surface area contributed by atoms with Gasteiger partial charge in [0.2, 0.25) is 0 Å². The summed E-state index contributed by atoms with van der Waals surface area (Å²) in [5, 5.41) is 11.1. The van der Waals surface area contributed by atoms with Gasteiger partial charge in [-0.05, 0) is 32.0 Å². The van der Waals surface area contributed by atoms with E-state index in [9.17, 15) is 28.9 Å². The molecule has 0 bridgehead atoms. The number of carbonyl (C=O) groups is 3. The number of hydrogen-bond acceptors (Lipinski definition) is 7. The van der Waals surface area contributed by atoms with Gasteiger partial charge in [-0.2, -0.15) is 0 Å². The average Bonchev–Trinajstić information content (AvgIpc) is 2.73. The van der Waals surface area contributed by atoms with Crippen molar-refractivity contribution < 1.29 is 33.2 Å². The molecule has 0 heterocycles. The third-order valence-electron chi connectivity index (χ3n) is 3.71. The second-order valence-corrected chi connectivity index (χ2v) is 5.88. The molecule has 0 radical (unpaired) electrons. The Morgan fingerprint density at radius 1 is 1.13 bits per heavy atom. The normalized spacial score (nSPS) is 11.2. The lowest BCUT2D eigenvalue weighted by molar-refractivity contribution is -0.384. The van der Waals surface area contributed by atoms with Crippen molar-refractivity contribution in [1.29, 1.82) is 0 Å². The molecule has 30 heavy (non-hydrogen) atoms. The number of hydrogen-bond donors (Lipinski definition) is 2. The van der Waals surface area contributed by atoms with Crippen LogP contribution in [0.15, 0.2) is 42.5 Å². The van der Waals surface area contributed by atoms with Gasteiger partial charge in [-0.3, -0.25) is 30.6 Å². The van der Waals surface area contributed by atoms with Gasteiger partial charge in [0.25, 0.3) is 17.5 Å². The van der Waals surface area contributed by atoms with Crippen LogP contribution < -0.4 is 15.6 Å². The zero-order chi connectivity index (χ0) is 22.3. The first kappa shape index (κ1) is 22.3. The Kier molecular flexibility index (Phi) is 7.39. The van der Waals surface area contributed by atoms with Crippen LogP contribution >= 0.6 is 0 Å². The molecule has 158 valence electrons. The lowest BCUT2D eigenvalue weighted by Crippen LogP contribution is -2.47. The highest BCUT2D eigenvalue weighted by atomic mass is 19.1. The molecular weight excluding hydrogens is 401 g/mol. The highest BCUT2D eigenvalue weighted by Gasteiger charge is 2.21. The number of rotatable bonds is 7. The van der Waals surface area contributed by atoms with E-state index >= 15 is 0 Å². The summed E-state index contributed by atoms with van der Waals surface area (Å²) in [6, 6.07) is 8.46. The summed E-state index contributed by atoms with van der Waals surface area (Å²) in [7, 11) is 0. The summed E-state index contributed by atoms with van der Waals surface area (Å²) in [5.74, 6) is -3.38. The van der Waals surface area contributed by atoms with Crippen LogP contribution in [-0.4, -0.2) is 35.4 Å². The molecule has 0 aliphatic carbocycles. The van der Waals surface area contributed by atoms with Gasteiger partial charge >= 0.3 is 5.97 Å². The third-order valence-corrected chi connectivity index (χ3v) is 3.71. The highest BCUT2D eigenvalue weighted by molar-refractivity contribution is 5.99. The molecule has 0 aliphatic heterocycles. The molecular formula is C19H18FN3O7. The van der Waals surface area contributed by atoms with Gasteiger partial charge in [-0.15, -0.1) is 0 Å². The number of nitrogens with one attached hydrogen (secondary N) is 2. The van der Waals surface area contributed by atoms with E-state index in [0.717, 1.165) is 24.3 Å². The first-order valence-electron chi connectivity index (χ1n) is 8.71. The Bertz CT molecular complexity index is 980. The van der Waals surface area contributed by atoms with Crippen LogP contribution in [0.1, 0.15) is 34.6 Å². The second-order valence-electron chi connectivity index (χ2n) is 5.88. The van der Waals surface area contributed by atoms with E-state index in [1.807, 2.05) is 0 Å². The molecule has 10 nitrogen and oxygen atoms in total. The number of nitrogens with zero attached hydrogens (tertiary/aromatic N) is 1. The molecule has 0 saturated carbocycles. The largest absolute Gasteiger partial charge is 0.478 e. The Morgan fingerprint density at radius 2 is 1.80 bits per heavy atom. The summed E-state index contributed by atoms with van der Waals surface area (Å²) < 4.78 is 23.6. The number of halogens is 1. The van der Waals surface area contributed by atoms with Gasteiger partial charge in [0.15, 0.2) is 17.7 Å². The van der Waals surface area contributed by atoms with Gasteiger partial charge in [-0.1, -0.05) is 12.1 Å². The molecule has 2 N–H and O–H groups in total. The monoisotopic (exact) mass is 419 g/mol. The quantitative estimate of drug-likeness (QED) is 0.398. The first-order valence-corrected chi connectivity index (χ1v) is 8.71. The number of nitro groups is 1. The van der Waals surface area contributed by atoms with E-state index in [1.54, 1.807) is 6.92 Å². The zero-order valence-electron chi connectivity index (χ0n) is 16.0. The summed E-state index contributed by atoms with van der Waals surface area (Å²) in [5.41, 5.74) is 3.17. The molecule has 2 amide bonds. The highest BCUT2D eigenvalue weighted by Crippen LogP contribution is 2.19. The Morgan fingerprint density at radius 3 is 2.43 bits per heavy atom. The van der Waals surface area contributed by atoms with Crippen molar-refractivity contribution in [2.75, 3.05) is 6.61 Å². The van der Waals surface area contributed by atoms with E-state index in [4.69, 9.17) is 9.47 Å². The molecule has 0 saturated heterocycles. The van der Waals surface area contributed by atoms with Crippen molar-refractivity contribution in [3.05, 3.63) is 69.5 Å². The molecule has 0 aromatic heterocycles. The van der Waals surface area contributed by atoms with Crippen molar-refractivity contribution in [3.8, 4) is 5.75 Å². The van der Waals surface area contributed by atoms with Crippen molar-refractivity contribution in [3.63, 3.8) is 0 Å². The minimum absolute atomic E-state index is 0.0407. The Hall–Kier alpha value is -4.02. The fourth-order valence-electron chi connectivity index (χ4n) is 2.26. The van der Waals surface area contributed by atoms with Gasteiger partial charge in [0.05, 0.1) is 17.1 Å². The van der Waals surface area contributed by atoms with Gasteiger partial charge < -0.3 is 9.47 Å². The smallest absolute Gasteiger partial charge is 0.338 e. The molecule has 0 fully saturated rings. The number of para-hydroxylation sites is 1. The second kappa shape index (κ2) is 9.96. The lowest BCUT2D eigenvalue weighted by atomic mass is 10.1. The summed E-state index contributed by atoms with van der Waals surface area (Å²) >= 11 is 0. The predicted octanol–water partition coefficient (Wildman–Crippen LogP) is 2.14. The van der Waals surface area contributed by atoms with Crippen molar-refractivity contribution in [1.82, 2.24) is 10.9 Å². The summed E-state index contributed by atoms with van der Waals surface area (Å²) in [6.45, 7) is 2.93. The van der Waals surface area contributed by atoms with Crippen molar-refractivity contribution in [2.45, 2.75) is 20.0 Å². The molecule has 0 spiro atoms. The summed E-state index contributed by atoms with van der Waals surface area (Å²) in [6.07, 6.45) is -1.16. The number of carbonyl (C=O) groups excluding carboxylic acids is 3. The minimum Gasteiger partial charge on any atom is -0.478 e. The van der Waals surface area contributed by atoms with Crippen LogP contribution in [0.25, 0.3) is 0 Å². The zero-order valence-corrected chi connectivity index (χ0v) is 16.0. The number of non-ortho nitro benzene ring substituents is 1. The number of benzene rings is 2. The molecule has 2 rings (SSSR count). The minimum atomic E-state index is -1.16. The van der Waals surface area contributed by atoms with Crippen LogP contribution in [0.2, 0.25) is 0 Å². The molecule has 0 aliphatic rings. The first-order chi connectivity index (χ1) is 14.2. The Balaban J connectivity index is 2.07. The molecule has 2 aromatic carbocycles. The Labute approximate surface area is 170 Å². The standard InChI is InChI=1S/C19H18FN3O7/c1-3-29-19(26)13-8-12(9-14(10-13)23(27)28)18(25)22-21-17(24)11(2)30-16-7-5-4-6-15(16)20/h4-11H,3H2,1-2H3,(H,21,24)(H,22,25). The van der Waals surface area contributed by atoms with Crippen LogP contribution in [0.5, 0.6) is 5.75 Å². The van der Waals surface area contributed by atoms with Crippen LogP contribution in [0.3, 0.4) is 0 Å². The van der Waals surface area contributed by atoms with E-state index in [2.05, 4.69) is 10.9 Å². The molecule has 1 unspecified atom stereocenters. The van der Waals surface area contributed by atoms with E-state index < -0.39 is 40.3 Å². The van der Waals surface area contributed by atoms with E-state index in [0.29, 0.717) is 0 Å². The maximum atomic E-state index is 13.6. The number of nitro benzene ring substituents is 1. The average molecular weight is 419 g/mol. The number of hydrazine groups is 1. The molecule has 11 heteroatoms. The fourth-order valence-corrected chi connectivity index (χ4v) is 2.26. The molecule has 2 aromatic rings. The molecule has 1 atom stereocenters. The summed E-state index contributed by atoms with van der Waals surface area (Å²) in [4.78, 5) is 46.5. The van der Waals surface area contributed by atoms with Crippen molar-refractivity contribution >= 4 is 23.5 Å². The number of amides is 2. The van der Waals surface area contributed by atoms with Crippen LogP contribution in [-0.2, 0) is 9.53 Å². The maximum absolute atomic E-state index is 13.6. The maximum Gasteiger partial charge on any atom is 0.338 e. The third kappa shape index (κ3) is 5.74. The topological polar surface area (TPSA) is 137 Å². The number of ether oxygens (including phenoxy) is 2. The van der Waals surface area contributed by atoms with E-state index in [-0.39, 0.29) is 23.5 Å².